The van der Waals surface area contributed by atoms with E-state index >= 15 is 0 Å². The van der Waals surface area contributed by atoms with Crippen LogP contribution in [0.2, 0.25) is 0 Å². The lowest BCUT2D eigenvalue weighted by Gasteiger charge is -2.18. The molecule has 3 rings (SSSR count). The first-order valence-corrected chi connectivity index (χ1v) is 8.15. The van der Waals surface area contributed by atoms with E-state index in [1.807, 2.05) is 12.1 Å². The van der Waals surface area contributed by atoms with Crippen LogP contribution in [0.25, 0.3) is 11.1 Å². The van der Waals surface area contributed by atoms with E-state index in [0.29, 0.717) is 6.61 Å². The van der Waals surface area contributed by atoms with Crippen LogP contribution in [-0.4, -0.2) is 24.4 Å². The first kappa shape index (κ1) is 16.0. The van der Waals surface area contributed by atoms with Gasteiger partial charge >= 0.3 is 0 Å². The number of rotatable bonds is 4. The molecule has 0 amide bonds. The molecule has 0 bridgehead atoms. The Labute approximate surface area is 137 Å². The Kier molecular flexibility index (Phi) is 4.69. The molecule has 1 aliphatic rings. The van der Waals surface area contributed by atoms with E-state index in [-0.39, 0.29) is 12.7 Å². The minimum atomic E-state index is 0.0701. The fourth-order valence-corrected chi connectivity index (χ4v) is 3.34. The van der Waals surface area contributed by atoms with Crippen molar-refractivity contribution >= 4 is 0 Å². The zero-order valence-electron chi connectivity index (χ0n) is 14.1. The van der Waals surface area contributed by atoms with Crippen LogP contribution in [0.5, 0.6) is 5.75 Å². The normalized spacial score (nSPS) is 17.5. The van der Waals surface area contributed by atoms with E-state index in [9.17, 15) is 5.11 Å². The van der Waals surface area contributed by atoms with Crippen LogP contribution in [0.15, 0.2) is 30.3 Å². The van der Waals surface area contributed by atoms with Crippen LogP contribution >= 0.6 is 0 Å². The molecule has 2 aromatic rings. The first-order valence-electron chi connectivity index (χ1n) is 8.15. The molecule has 3 heteroatoms. The summed E-state index contributed by atoms with van der Waals surface area (Å²) in [5.74, 6) is 0.912. The van der Waals surface area contributed by atoms with Gasteiger partial charge in [0.05, 0.1) is 19.8 Å². The summed E-state index contributed by atoms with van der Waals surface area (Å²) in [7, 11) is 0. The zero-order valence-corrected chi connectivity index (χ0v) is 14.1. The van der Waals surface area contributed by atoms with Gasteiger partial charge in [-0.15, -0.1) is 0 Å². The number of ether oxygens (including phenoxy) is 2. The van der Waals surface area contributed by atoms with E-state index in [4.69, 9.17) is 9.47 Å². The lowest BCUT2D eigenvalue weighted by molar-refractivity contribution is 0.141. The van der Waals surface area contributed by atoms with Gasteiger partial charge in [-0.2, -0.15) is 0 Å². The van der Waals surface area contributed by atoms with Crippen molar-refractivity contribution in [1.29, 1.82) is 0 Å². The van der Waals surface area contributed by atoms with Gasteiger partial charge in [-0.25, -0.2) is 0 Å². The molecule has 23 heavy (non-hydrogen) atoms. The predicted molar refractivity (Wildman–Crippen MR) is 91.9 cm³/mol. The second-order valence-corrected chi connectivity index (χ2v) is 6.28. The summed E-state index contributed by atoms with van der Waals surface area (Å²) < 4.78 is 11.4. The zero-order chi connectivity index (χ0) is 16.4. The maximum atomic E-state index is 9.50. The van der Waals surface area contributed by atoms with Crippen molar-refractivity contribution in [3.63, 3.8) is 0 Å². The number of hydrogen-bond acceptors (Lipinski definition) is 3. The number of aliphatic hydroxyl groups excluding tert-OH is 1. The standard InChI is InChI=1S/C20H24O3/c1-13-9-18(23-17-7-8-22-12-17)10-14(2)20(13)19-6-4-5-16(11-21)15(19)3/h4-6,9-10,17,21H,7-8,11-12H2,1-3H3/t17-/m0/s1. The van der Waals surface area contributed by atoms with Crippen molar-refractivity contribution in [3.8, 4) is 16.9 Å². The molecule has 1 heterocycles. The molecule has 0 aliphatic carbocycles. The molecule has 0 aromatic heterocycles. The number of benzene rings is 2. The van der Waals surface area contributed by atoms with E-state index in [1.165, 1.54) is 22.3 Å². The Morgan fingerprint density at radius 1 is 1.17 bits per heavy atom. The lowest BCUT2D eigenvalue weighted by atomic mass is 9.90. The Morgan fingerprint density at radius 3 is 2.52 bits per heavy atom. The monoisotopic (exact) mass is 312 g/mol. The minimum Gasteiger partial charge on any atom is -0.488 e. The van der Waals surface area contributed by atoms with E-state index in [0.717, 1.165) is 29.9 Å². The predicted octanol–water partition coefficient (Wildman–Crippen LogP) is 3.94. The average Bonchev–Trinajstić information content (AvgIpc) is 3.01. The molecule has 122 valence electrons. The molecule has 1 aliphatic heterocycles. The van der Waals surface area contributed by atoms with Crippen LogP contribution < -0.4 is 4.74 Å². The highest BCUT2D eigenvalue weighted by Crippen LogP contribution is 2.34. The third kappa shape index (κ3) is 3.26. The van der Waals surface area contributed by atoms with Gasteiger partial charge in [-0.05, 0) is 66.3 Å². The largest absolute Gasteiger partial charge is 0.488 e. The van der Waals surface area contributed by atoms with Crippen LogP contribution in [0, 0.1) is 20.8 Å². The summed E-state index contributed by atoms with van der Waals surface area (Å²) >= 11 is 0. The SMILES string of the molecule is Cc1cc(O[C@H]2CCOC2)cc(C)c1-c1cccc(CO)c1C. The maximum Gasteiger partial charge on any atom is 0.124 e. The summed E-state index contributed by atoms with van der Waals surface area (Å²) in [6, 6.07) is 10.3. The Bertz CT molecular complexity index is 677. The van der Waals surface area contributed by atoms with Crippen molar-refractivity contribution in [2.24, 2.45) is 0 Å². The topological polar surface area (TPSA) is 38.7 Å². The second-order valence-electron chi connectivity index (χ2n) is 6.28. The summed E-state index contributed by atoms with van der Waals surface area (Å²) in [5.41, 5.74) is 6.91. The van der Waals surface area contributed by atoms with Crippen molar-refractivity contribution in [1.82, 2.24) is 0 Å². The molecule has 0 spiro atoms. The highest BCUT2D eigenvalue weighted by molar-refractivity contribution is 5.75. The maximum absolute atomic E-state index is 9.50. The van der Waals surface area contributed by atoms with E-state index < -0.39 is 0 Å². The average molecular weight is 312 g/mol. The fraction of sp³-hybridized carbons (Fsp3) is 0.400. The smallest absolute Gasteiger partial charge is 0.124 e. The van der Waals surface area contributed by atoms with E-state index in [1.54, 1.807) is 0 Å². The summed E-state index contributed by atoms with van der Waals surface area (Å²) in [4.78, 5) is 0. The molecule has 1 fully saturated rings. The Morgan fingerprint density at radius 2 is 1.91 bits per heavy atom. The summed E-state index contributed by atoms with van der Waals surface area (Å²) in [6.07, 6.45) is 1.12. The molecule has 0 unspecified atom stereocenters. The van der Waals surface area contributed by atoms with Crippen LogP contribution in [-0.2, 0) is 11.3 Å². The fourth-order valence-electron chi connectivity index (χ4n) is 3.34. The molecule has 1 N–H and O–H groups in total. The van der Waals surface area contributed by atoms with E-state index in [2.05, 4.69) is 39.0 Å². The third-order valence-corrected chi connectivity index (χ3v) is 4.58. The highest BCUT2D eigenvalue weighted by atomic mass is 16.5. The van der Waals surface area contributed by atoms with Gasteiger partial charge in [-0.1, -0.05) is 18.2 Å². The Hall–Kier alpha value is -1.84. The van der Waals surface area contributed by atoms with Gasteiger partial charge in [0.1, 0.15) is 11.9 Å². The first-order chi connectivity index (χ1) is 11.1. The van der Waals surface area contributed by atoms with Crippen molar-refractivity contribution in [2.75, 3.05) is 13.2 Å². The van der Waals surface area contributed by atoms with Gasteiger partial charge in [0.15, 0.2) is 0 Å². The van der Waals surface area contributed by atoms with Gasteiger partial charge in [0.2, 0.25) is 0 Å². The molecule has 1 atom stereocenters. The van der Waals surface area contributed by atoms with Crippen LogP contribution in [0.4, 0.5) is 0 Å². The molecular formula is C20H24O3. The molecule has 2 aromatic carbocycles. The molecule has 1 saturated heterocycles. The number of aryl methyl sites for hydroxylation is 2. The van der Waals surface area contributed by atoms with Crippen molar-refractivity contribution < 1.29 is 14.6 Å². The molecule has 0 saturated carbocycles. The van der Waals surface area contributed by atoms with Gasteiger partial charge < -0.3 is 14.6 Å². The van der Waals surface area contributed by atoms with Gasteiger partial charge in [0, 0.05) is 6.42 Å². The van der Waals surface area contributed by atoms with Crippen LogP contribution in [0.3, 0.4) is 0 Å². The van der Waals surface area contributed by atoms with Crippen LogP contribution in [0.1, 0.15) is 28.7 Å². The Balaban J connectivity index is 1.97. The molecular weight excluding hydrogens is 288 g/mol. The minimum absolute atomic E-state index is 0.0701. The number of hydrogen-bond donors (Lipinski definition) is 1. The van der Waals surface area contributed by atoms with Gasteiger partial charge in [0.25, 0.3) is 0 Å². The lowest BCUT2D eigenvalue weighted by Crippen LogP contribution is -2.15. The molecule has 0 radical (unpaired) electrons. The quantitative estimate of drug-likeness (QED) is 0.929. The highest BCUT2D eigenvalue weighted by Gasteiger charge is 2.18. The summed E-state index contributed by atoms with van der Waals surface area (Å²) in [6.45, 7) is 7.84. The summed E-state index contributed by atoms with van der Waals surface area (Å²) in [5, 5.41) is 9.50. The van der Waals surface area contributed by atoms with Crippen molar-refractivity contribution in [3.05, 3.63) is 52.6 Å². The second kappa shape index (κ2) is 6.73. The number of aliphatic hydroxyl groups is 1. The molecule has 3 nitrogen and oxygen atoms in total. The van der Waals surface area contributed by atoms with Gasteiger partial charge in [-0.3, -0.25) is 0 Å². The third-order valence-electron chi connectivity index (χ3n) is 4.58. The van der Waals surface area contributed by atoms with Crippen molar-refractivity contribution in [2.45, 2.75) is 39.9 Å².